The Morgan fingerprint density at radius 2 is 1.79 bits per heavy atom. The highest BCUT2D eigenvalue weighted by Crippen LogP contribution is 2.59. The van der Waals surface area contributed by atoms with Crippen molar-refractivity contribution in [2.45, 2.75) is 64.2 Å². The molecule has 2 aliphatic carbocycles. The minimum atomic E-state index is -1.98. The largest absolute Gasteiger partial charge is 0.504 e. The second kappa shape index (κ2) is 8.17. The maximum atomic E-state index is 10.5. The Hall–Kier alpha value is -2.77. The van der Waals surface area contributed by atoms with Gasteiger partial charge in [-0.1, -0.05) is 45.4 Å². The first-order chi connectivity index (χ1) is 16.1. The van der Waals surface area contributed by atoms with E-state index in [9.17, 15) is 20.3 Å². The van der Waals surface area contributed by atoms with E-state index in [-0.39, 0.29) is 33.5 Å². The van der Waals surface area contributed by atoms with E-state index >= 15 is 0 Å². The van der Waals surface area contributed by atoms with Crippen molar-refractivity contribution in [1.82, 2.24) is 0 Å². The summed E-state index contributed by atoms with van der Waals surface area (Å²) in [6.45, 7) is 6.95. The van der Waals surface area contributed by atoms with E-state index in [0.717, 1.165) is 49.1 Å². The van der Waals surface area contributed by atoms with Crippen molar-refractivity contribution in [1.29, 1.82) is 0 Å². The third kappa shape index (κ3) is 3.53. The summed E-state index contributed by atoms with van der Waals surface area (Å²) in [6.07, 6.45) is 6.99. The van der Waals surface area contributed by atoms with Crippen LogP contribution in [0, 0.1) is 11.3 Å². The van der Waals surface area contributed by atoms with Crippen molar-refractivity contribution in [3.63, 3.8) is 0 Å². The molecule has 1 aromatic heterocycles. The average Bonchev–Trinajstić information content (AvgIpc) is 3.09. The molecule has 0 aliphatic heterocycles. The number of aliphatic imine (C=N–C) groups is 1. The first-order valence-electron chi connectivity index (χ1n) is 12.1. The summed E-state index contributed by atoms with van der Waals surface area (Å²) < 4.78 is 6.40. The number of hydrogen-bond donors (Lipinski definition) is 4. The van der Waals surface area contributed by atoms with E-state index in [0.29, 0.717) is 11.3 Å². The molecule has 2 aliphatic rings. The first-order valence-corrected chi connectivity index (χ1v) is 12.1. The van der Waals surface area contributed by atoms with Crippen LogP contribution < -0.4 is 5.46 Å². The molecule has 0 radical (unpaired) electrons. The molecule has 1 saturated carbocycles. The number of hydrogen-bond acceptors (Lipinski definition) is 6. The fourth-order valence-electron chi connectivity index (χ4n) is 6.78. The van der Waals surface area contributed by atoms with Gasteiger partial charge in [0, 0.05) is 17.2 Å². The van der Waals surface area contributed by atoms with E-state index < -0.39 is 12.9 Å². The smallest absolute Gasteiger partial charge is 0.496 e. The average molecular weight is 461 g/mol. The van der Waals surface area contributed by atoms with Crippen LogP contribution in [-0.4, -0.2) is 33.6 Å². The molecule has 0 saturated heterocycles. The van der Waals surface area contributed by atoms with Gasteiger partial charge in [-0.15, -0.1) is 0 Å². The van der Waals surface area contributed by atoms with Crippen LogP contribution >= 0.6 is 0 Å². The Morgan fingerprint density at radius 1 is 1.06 bits per heavy atom. The van der Waals surface area contributed by atoms with Crippen molar-refractivity contribution in [2.75, 3.05) is 0 Å². The lowest BCUT2D eigenvalue weighted by Gasteiger charge is -2.50. The Kier molecular flexibility index (Phi) is 5.53. The number of furan rings is 1. The first kappa shape index (κ1) is 23.0. The Bertz CT molecular complexity index is 1250. The second-order valence-electron chi connectivity index (χ2n) is 10.9. The topological polar surface area (TPSA) is 106 Å². The van der Waals surface area contributed by atoms with Gasteiger partial charge in [0.1, 0.15) is 11.3 Å². The fourth-order valence-corrected chi connectivity index (χ4v) is 6.78. The molecule has 6 nitrogen and oxygen atoms in total. The maximum Gasteiger partial charge on any atom is 0.496 e. The normalized spacial score (nSPS) is 26.3. The van der Waals surface area contributed by atoms with Crippen LogP contribution in [-0.2, 0) is 5.41 Å². The highest BCUT2D eigenvalue weighted by atomic mass is 16.4. The molecule has 0 bridgehead atoms. The highest BCUT2D eigenvalue weighted by molar-refractivity contribution is 6.63. The third-order valence-corrected chi connectivity index (χ3v) is 8.32. The standard InChI is InChI=1S/C27H32BNO5/c1-26(2)12-7-13-27(3)20(26)11-10-16(15-29-17-8-5-4-6-9-17)24-21(27)18-14-19(30)23(31)22(28(32)33)25(18)34-24/h4-6,8-9,14-16,20,30-33H,7,10-13H2,1-3H3. The quantitative estimate of drug-likeness (QED) is 0.253. The molecule has 1 fully saturated rings. The van der Waals surface area contributed by atoms with E-state index in [1.807, 2.05) is 36.5 Å². The van der Waals surface area contributed by atoms with Crippen LogP contribution in [0.3, 0.4) is 0 Å². The summed E-state index contributed by atoms with van der Waals surface area (Å²) >= 11 is 0. The number of phenols is 2. The summed E-state index contributed by atoms with van der Waals surface area (Å²) in [4.78, 5) is 4.73. The molecule has 4 N–H and O–H groups in total. The van der Waals surface area contributed by atoms with E-state index in [1.54, 1.807) is 0 Å². The van der Waals surface area contributed by atoms with Crippen molar-refractivity contribution >= 4 is 35.5 Å². The minimum Gasteiger partial charge on any atom is -0.504 e. The monoisotopic (exact) mass is 461 g/mol. The Morgan fingerprint density at radius 3 is 2.50 bits per heavy atom. The van der Waals surface area contributed by atoms with Crippen LogP contribution in [0.25, 0.3) is 11.0 Å². The van der Waals surface area contributed by atoms with Crippen LogP contribution in [0.2, 0.25) is 0 Å². The third-order valence-electron chi connectivity index (χ3n) is 8.32. The molecule has 0 amide bonds. The van der Waals surface area contributed by atoms with Gasteiger partial charge in [-0.05, 0) is 60.6 Å². The SMILES string of the molecule is CC1(C)CCCC2(C)c3c(oc4c(B(O)O)c(O)c(O)cc34)C(C=Nc3ccccc3)CCC12. The van der Waals surface area contributed by atoms with E-state index in [1.165, 1.54) is 6.07 Å². The summed E-state index contributed by atoms with van der Waals surface area (Å²) in [7, 11) is -1.98. The van der Waals surface area contributed by atoms with Gasteiger partial charge in [-0.2, -0.15) is 0 Å². The van der Waals surface area contributed by atoms with Crippen molar-refractivity contribution in [2.24, 2.45) is 16.3 Å². The molecule has 3 aromatic rings. The van der Waals surface area contributed by atoms with Gasteiger partial charge in [0.2, 0.25) is 0 Å². The van der Waals surface area contributed by atoms with Crippen molar-refractivity contribution in [3.05, 3.63) is 47.7 Å². The molecule has 3 unspecified atom stereocenters. The van der Waals surface area contributed by atoms with Crippen LogP contribution in [0.1, 0.15) is 70.1 Å². The van der Waals surface area contributed by atoms with E-state index in [2.05, 4.69) is 20.8 Å². The van der Waals surface area contributed by atoms with Gasteiger partial charge in [0.25, 0.3) is 0 Å². The number of fused-ring (bicyclic) bond motifs is 5. The lowest BCUT2D eigenvalue weighted by molar-refractivity contribution is 0.0507. The molecule has 0 spiro atoms. The molecule has 7 heteroatoms. The summed E-state index contributed by atoms with van der Waals surface area (Å²) in [6, 6.07) is 11.3. The van der Waals surface area contributed by atoms with Gasteiger partial charge in [-0.25, -0.2) is 0 Å². The van der Waals surface area contributed by atoms with E-state index in [4.69, 9.17) is 9.41 Å². The van der Waals surface area contributed by atoms with Crippen molar-refractivity contribution in [3.8, 4) is 11.5 Å². The molecule has 34 heavy (non-hydrogen) atoms. The molecule has 1 heterocycles. The zero-order chi connectivity index (χ0) is 24.3. The van der Waals surface area contributed by atoms with Gasteiger partial charge >= 0.3 is 7.12 Å². The predicted octanol–water partition coefficient (Wildman–Crippen LogP) is 4.89. The minimum absolute atomic E-state index is 0.117. The zero-order valence-electron chi connectivity index (χ0n) is 20.0. The lowest BCUT2D eigenvalue weighted by atomic mass is 9.53. The number of benzene rings is 2. The van der Waals surface area contributed by atoms with Crippen molar-refractivity contribution < 1.29 is 24.7 Å². The number of phenolic OH excluding ortho intramolecular Hbond substituents is 2. The van der Waals surface area contributed by atoms with Gasteiger partial charge in [0.15, 0.2) is 11.5 Å². The molecule has 178 valence electrons. The van der Waals surface area contributed by atoms with Gasteiger partial charge in [0.05, 0.1) is 17.1 Å². The second-order valence-corrected chi connectivity index (χ2v) is 10.9. The van der Waals surface area contributed by atoms with Gasteiger partial charge in [-0.3, -0.25) is 4.99 Å². The molecule has 3 atom stereocenters. The molecule has 2 aromatic carbocycles. The fraction of sp³-hybridized carbons (Fsp3) is 0.444. The number of nitrogens with zero attached hydrogens (tertiary/aromatic N) is 1. The number of rotatable bonds is 3. The van der Waals surface area contributed by atoms with Crippen LogP contribution in [0.15, 0.2) is 45.8 Å². The van der Waals surface area contributed by atoms with Gasteiger partial charge < -0.3 is 24.7 Å². The molecule has 5 rings (SSSR count). The summed E-state index contributed by atoms with van der Waals surface area (Å²) in [5, 5.41) is 41.6. The zero-order valence-corrected chi connectivity index (χ0v) is 20.0. The summed E-state index contributed by atoms with van der Waals surface area (Å²) in [5.41, 5.74) is 1.78. The Labute approximate surface area is 200 Å². The lowest BCUT2D eigenvalue weighted by Crippen LogP contribution is -2.44. The number of aromatic hydroxyl groups is 2. The number of para-hydroxylation sites is 1. The van der Waals surface area contributed by atoms with Crippen LogP contribution in [0.5, 0.6) is 11.5 Å². The maximum absolute atomic E-state index is 10.5. The Balaban J connectivity index is 1.78. The van der Waals surface area contributed by atoms with Crippen LogP contribution in [0.4, 0.5) is 5.69 Å². The molecular weight excluding hydrogens is 429 g/mol. The molecular formula is C27H32BNO5. The summed E-state index contributed by atoms with van der Waals surface area (Å²) in [5.74, 6) is 0.0553. The highest BCUT2D eigenvalue weighted by Gasteiger charge is 2.52. The predicted molar refractivity (Wildman–Crippen MR) is 134 cm³/mol.